The van der Waals surface area contributed by atoms with Crippen molar-refractivity contribution in [1.29, 1.82) is 0 Å². The lowest BCUT2D eigenvalue weighted by Crippen LogP contribution is -2.50. The number of amides is 1. The fourth-order valence-electron chi connectivity index (χ4n) is 4.66. The van der Waals surface area contributed by atoms with Crippen molar-refractivity contribution >= 4 is 34.0 Å². The standard InChI is InChI=1S/C30H34N6O4/c1-3-26(25-17-39-13-12-32-25)40-28-14-21-24(15-27(28)38-2)34-18-35-29(21)33-16-19-8-10-20(11-9-19)30(37)36-23-7-5-4-6-22(23)31/h4-11,14-15,18,25-26,32H,3,12-13,16-17,31H2,1-2H3,(H,36,37)(H,33,34,35). The number of carbonyl (C=O) groups excluding carboxylic acids is 1. The van der Waals surface area contributed by atoms with Crippen LogP contribution in [0.3, 0.4) is 0 Å². The third-order valence-corrected chi connectivity index (χ3v) is 6.89. The SMILES string of the molecule is CCC(Oc1cc2c(NCc3ccc(C(=O)Nc4ccccc4N)cc3)ncnc2cc1OC)C1COCCN1. The Labute approximate surface area is 233 Å². The molecule has 4 aromatic rings. The minimum Gasteiger partial charge on any atom is -0.493 e. The van der Waals surface area contributed by atoms with Crippen LogP contribution in [0, 0.1) is 0 Å². The van der Waals surface area contributed by atoms with Crippen LogP contribution in [-0.4, -0.2) is 54.9 Å². The number of hydrogen-bond acceptors (Lipinski definition) is 9. The van der Waals surface area contributed by atoms with Gasteiger partial charge in [0.1, 0.15) is 18.2 Å². The van der Waals surface area contributed by atoms with Crippen LogP contribution in [0.15, 0.2) is 67.0 Å². The summed E-state index contributed by atoms with van der Waals surface area (Å²) in [5.74, 6) is 1.69. The predicted octanol–water partition coefficient (Wildman–Crippen LogP) is 4.23. The molecule has 1 fully saturated rings. The smallest absolute Gasteiger partial charge is 0.255 e. The molecule has 10 nitrogen and oxygen atoms in total. The zero-order chi connectivity index (χ0) is 27.9. The van der Waals surface area contributed by atoms with Gasteiger partial charge in [0.05, 0.1) is 43.3 Å². The van der Waals surface area contributed by atoms with Crippen LogP contribution in [-0.2, 0) is 11.3 Å². The van der Waals surface area contributed by atoms with E-state index in [1.807, 2.05) is 36.4 Å². The van der Waals surface area contributed by atoms with Gasteiger partial charge >= 0.3 is 0 Å². The lowest BCUT2D eigenvalue weighted by atomic mass is 10.1. The Morgan fingerprint density at radius 3 is 2.70 bits per heavy atom. The molecule has 208 valence electrons. The lowest BCUT2D eigenvalue weighted by molar-refractivity contribution is 0.0259. The number of rotatable bonds is 10. The molecule has 1 amide bonds. The van der Waals surface area contributed by atoms with E-state index in [2.05, 4.69) is 32.8 Å². The number of methoxy groups -OCH3 is 1. The zero-order valence-corrected chi connectivity index (χ0v) is 22.6. The summed E-state index contributed by atoms with van der Waals surface area (Å²) in [5.41, 5.74) is 9.31. The second-order valence-electron chi connectivity index (χ2n) is 9.53. The highest BCUT2D eigenvalue weighted by Crippen LogP contribution is 2.35. The summed E-state index contributed by atoms with van der Waals surface area (Å²) in [4.78, 5) is 21.6. The average molecular weight is 543 g/mol. The second-order valence-corrected chi connectivity index (χ2v) is 9.53. The maximum absolute atomic E-state index is 12.7. The largest absolute Gasteiger partial charge is 0.493 e. The number of nitrogens with two attached hydrogens (primary N) is 1. The topological polar surface area (TPSA) is 133 Å². The first kappa shape index (κ1) is 27.2. The number of fused-ring (bicyclic) bond motifs is 1. The molecule has 1 aliphatic heterocycles. The van der Waals surface area contributed by atoms with Gasteiger partial charge in [-0.15, -0.1) is 0 Å². The van der Waals surface area contributed by atoms with Crippen molar-refractivity contribution < 1.29 is 19.0 Å². The summed E-state index contributed by atoms with van der Waals surface area (Å²) in [6.07, 6.45) is 2.25. The van der Waals surface area contributed by atoms with E-state index < -0.39 is 0 Å². The van der Waals surface area contributed by atoms with Crippen LogP contribution in [0.5, 0.6) is 11.5 Å². The highest BCUT2D eigenvalue weighted by Gasteiger charge is 2.25. The van der Waals surface area contributed by atoms with Crippen molar-refractivity contribution in [2.45, 2.75) is 32.0 Å². The van der Waals surface area contributed by atoms with E-state index in [0.29, 0.717) is 54.0 Å². The first-order valence-electron chi connectivity index (χ1n) is 13.3. The molecule has 1 aliphatic rings. The Balaban J connectivity index is 1.30. The molecule has 2 heterocycles. The monoisotopic (exact) mass is 542 g/mol. The highest BCUT2D eigenvalue weighted by molar-refractivity contribution is 6.05. The maximum Gasteiger partial charge on any atom is 0.255 e. The van der Waals surface area contributed by atoms with Gasteiger partial charge in [0.2, 0.25) is 0 Å². The van der Waals surface area contributed by atoms with Crippen LogP contribution in [0.25, 0.3) is 10.9 Å². The van der Waals surface area contributed by atoms with Crippen LogP contribution in [0.4, 0.5) is 17.2 Å². The number of morpholine rings is 1. The van der Waals surface area contributed by atoms with Gasteiger partial charge in [0.25, 0.3) is 5.91 Å². The summed E-state index contributed by atoms with van der Waals surface area (Å²) in [6, 6.07) is 18.4. The van der Waals surface area contributed by atoms with Gasteiger partial charge in [0.15, 0.2) is 11.5 Å². The van der Waals surface area contributed by atoms with E-state index in [0.717, 1.165) is 29.4 Å². The molecule has 0 aliphatic carbocycles. The third kappa shape index (κ3) is 6.24. The minimum absolute atomic E-state index is 0.0817. The van der Waals surface area contributed by atoms with Gasteiger partial charge in [-0.1, -0.05) is 31.2 Å². The molecule has 40 heavy (non-hydrogen) atoms. The van der Waals surface area contributed by atoms with Gasteiger partial charge in [-0.05, 0) is 42.3 Å². The number of nitrogens with zero attached hydrogens (tertiary/aromatic N) is 2. The molecule has 2 atom stereocenters. The minimum atomic E-state index is -0.221. The van der Waals surface area contributed by atoms with Gasteiger partial charge in [-0.25, -0.2) is 9.97 Å². The van der Waals surface area contributed by atoms with Crippen molar-refractivity contribution in [2.75, 3.05) is 43.2 Å². The lowest BCUT2D eigenvalue weighted by Gasteiger charge is -2.31. The van der Waals surface area contributed by atoms with E-state index in [9.17, 15) is 4.79 Å². The zero-order valence-electron chi connectivity index (χ0n) is 22.6. The number of carbonyl (C=O) groups is 1. The van der Waals surface area contributed by atoms with Crippen LogP contribution < -0.4 is 31.2 Å². The Kier molecular flexibility index (Phi) is 8.58. The number of nitrogen functional groups attached to an aromatic ring is 1. The van der Waals surface area contributed by atoms with Crippen molar-refractivity contribution in [3.8, 4) is 11.5 Å². The number of aromatic nitrogens is 2. The molecule has 0 bridgehead atoms. The molecule has 10 heteroatoms. The van der Waals surface area contributed by atoms with Crippen LogP contribution in [0.2, 0.25) is 0 Å². The fourth-order valence-corrected chi connectivity index (χ4v) is 4.66. The van der Waals surface area contributed by atoms with E-state index in [1.54, 1.807) is 31.4 Å². The Bertz CT molecular complexity index is 1460. The molecule has 1 aromatic heterocycles. The highest BCUT2D eigenvalue weighted by atomic mass is 16.5. The molecule has 5 N–H and O–H groups in total. The number of anilines is 3. The number of nitrogens with one attached hydrogen (secondary N) is 3. The summed E-state index contributed by atoms with van der Waals surface area (Å²) < 4.78 is 17.7. The first-order chi connectivity index (χ1) is 19.6. The van der Waals surface area contributed by atoms with E-state index in [1.165, 1.54) is 6.33 Å². The molecular formula is C30H34N6O4. The van der Waals surface area contributed by atoms with Crippen molar-refractivity contribution in [1.82, 2.24) is 15.3 Å². The molecule has 0 spiro atoms. The predicted molar refractivity (Wildman–Crippen MR) is 156 cm³/mol. The van der Waals surface area contributed by atoms with E-state index in [4.69, 9.17) is 19.9 Å². The second kappa shape index (κ2) is 12.6. The Morgan fingerprint density at radius 1 is 1.15 bits per heavy atom. The quantitative estimate of drug-likeness (QED) is 0.217. The Hall–Kier alpha value is -4.41. The third-order valence-electron chi connectivity index (χ3n) is 6.89. The molecule has 0 saturated carbocycles. The van der Waals surface area contributed by atoms with Crippen molar-refractivity contribution in [2.24, 2.45) is 0 Å². The molecule has 2 unspecified atom stereocenters. The normalized spacial score (nSPS) is 15.8. The first-order valence-corrected chi connectivity index (χ1v) is 13.3. The summed E-state index contributed by atoms with van der Waals surface area (Å²) in [6.45, 7) is 4.70. The van der Waals surface area contributed by atoms with Gasteiger partial charge in [0, 0.05) is 30.1 Å². The Morgan fingerprint density at radius 2 is 1.98 bits per heavy atom. The molecular weight excluding hydrogens is 508 g/mol. The summed E-state index contributed by atoms with van der Waals surface area (Å²) >= 11 is 0. The maximum atomic E-state index is 12.7. The number of benzene rings is 3. The average Bonchev–Trinajstić information content (AvgIpc) is 3.00. The van der Waals surface area contributed by atoms with Crippen LogP contribution in [0.1, 0.15) is 29.3 Å². The van der Waals surface area contributed by atoms with E-state index in [-0.39, 0.29) is 18.1 Å². The van der Waals surface area contributed by atoms with E-state index >= 15 is 0 Å². The summed E-state index contributed by atoms with van der Waals surface area (Å²) in [5, 5.41) is 10.5. The molecule has 1 saturated heterocycles. The number of hydrogen-bond donors (Lipinski definition) is 4. The van der Waals surface area contributed by atoms with Crippen LogP contribution >= 0.6 is 0 Å². The molecule has 5 rings (SSSR count). The van der Waals surface area contributed by atoms with Gasteiger partial charge in [-0.3, -0.25) is 4.79 Å². The molecule has 0 radical (unpaired) electrons. The summed E-state index contributed by atoms with van der Waals surface area (Å²) in [7, 11) is 1.62. The van der Waals surface area contributed by atoms with Gasteiger partial charge in [-0.2, -0.15) is 0 Å². The van der Waals surface area contributed by atoms with Gasteiger partial charge < -0.3 is 35.9 Å². The number of ether oxygens (including phenoxy) is 3. The van der Waals surface area contributed by atoms with Crippen molar-refractivity contribution in [3.05, 3.63) is 78.1 Å². The fraction of sp³-hybridized carbons (Fsp3) is 0.300. The number of para-hydroxylation sites is 2. The van der Waals surface area contributed by atoms with Crippen molar-refractivity contribution in [3.63, 3.8) is 0 Å². The molecule has 3 aromatic carbocycles.